The van der Waals surface area contributed by atoms with Crippen molar-refractivity contribution < 1.29 is 18.0 Å². The second kappa shape index (κ2) is 12.7. The number of sulfonamides is 1. The Morgan fingerprint density at radius 3 is 2.00 bits per heavy atom. The summed E-state index contributed by atoms with van der Waals surface area (Å²) in [5.74, 6) is -0.877. The standard InChI is InChI=1S/C28H31Cl2N3O4S/c1-5-26(28(35)31-4)32(17-21-10-6-19(2)7-11-21)27(34)18-33(22-12-15-24(29)25(30)16-22)38(36,37)23-13-8-20(3)9-14-23/h6-16,26H,5,17-18H2,1-4H3,(H,31,35)/t26-/m0/s1. The van der Waals surface area contributed by atoms with Crippen molar-refractivity contribution >= 4 is 50.7 Å². The van der Waals surface area contributed by atoms with Crippen LogP contribution in [0.25, 0.3) is 0 Å². The number of amides is 2. The van der Waals surface area contributed by atoms with E-state index in [1.807, 2.05) is 38.1 Å². The van der Waals surface area contributed by atoms with Crippen LogP contribution in [0.5, 0.6) is 0 Å². The van der Waals surface area contributed by atoms with Gasteiger partial charge in [-0.25, -0.2) is 8.42 Å². The van der Waals surface area contributed by atoms with Gasteiger partial charge in [0.05, 0.1) is 20.6 Å². The lowest BCUT2D eigenvalue weighted by atomic mass is 10.1. The van der Waals surface area contributed by atoms with Crippen molar-refractivity contribution in [2.24, 2.45) is 0 Å². The fourth-order valence-electron chi connectivity index (χ4n) is 3.98. The molecular weight excluding hydrogens is 545 g/mol. The second-order valence-electron chi connectivity index (χ2n) is 8.97. The van der Waals surface area contributed by atoms with Crippen LogP contribution in [-0.4, -0.2) is 44.8 Å². The molecule has 0 fully saturated rings. The summed E-state index contributed by atoms with van der Waals surface area (Å²) in [4.78, 5) is 28.1. The highest BCUT2D eigenvalue weighted by molar-refractivity contribution is 7.92. The van der Waals surface area contributed by atoms with Crippen LogP contribution in [0.1, 0.15) is 30.0 Å². The summed E-state index contributed by atoms with van der Waals surface area (Å²) in [6.45, 7) is 5.19. The zero-order chi connectivity index (χ0) is 28.0. The molecule has 0 saturated carbocycles. The van der Waals surface area contributed by atoms with Crippen molar-refractivity contribution in [3.8, 4) is 0 Å². The third-order valence-electron chi connectivity index (χ3n) is 6.18. The van der Waals surface area contributed by atoms with E-state index in [1.165, 1.54) is 42.3 Å². The molecule has 0 spiro atoms. The fraction of sp³-hybridized carbons (Fsp3) is 0.286. The first-order valence-corrected chi connectivity index (χ1v) is 14.3. The number of nitrogens with zero attached hydrogens (tertiary/aromatic N) is 2. The van der Waals surface area contributed by atoms with E-state index in [0.717, 1.165) is 21.0 Å². The molecule has 1 N–H and O–H groups in total. The first-order chi connectivity index (χ1) is 18.0. The molecule has 2 amide bonds. The van der Waals surface area contributed by atoms with Crippen molar-refractivity contribution in [2.45, 2.75) is 44.7 Å². The Balaban J connectivity index is 2.08. The van der Waals surface area contributed by atoms with Crippen molar-refractivity contribution in [3.05, 3.63) is 93.5 Å². The molecule has 3 aromatic carbocycles. The molecule has 38 heavy (non-hydrogen) atoms. The topological polar surface area (TPSA) is 86.8 Å². The van der Waals surface area contributed by atoms with Gasteiger partial charge in [0.25, 0.3) is 10.0 Å². The minimum Gasteiger partial charge on any atom is -0.357 e. The van der Waals surface area contributed by atoms with Crippen LogP contribution in [0.15, 0.2) is 71.6 Å². The molecule has 10 heteroatoms. The minimum absolute atomic E-state index is 0.0189. The zero-order valence-electron chi connectivity index (χ0n) is 21.7. The Hall–Kier alpha value is -3.07. The maximum Gasteiger partial charge on any atom is 0.264 e. The van der Waals surface area contributed by atoms with Crippen LogP contribution >= 0.6 is 23.2 Å². The van der Waals surface area contributed by atoms with Crippen LogP contribution in [0.3, 0.4) is 0 Å². The summed E-state index contributed by atoms with van der Waals surface area (Å²) >= 11 is 12.3. The van der Waals surface area contributed by atoms with Gasteiger partial charge in [0.1, 0.15) is 12.6 Å². The predicted molar refractivity (Wildman–Crippen MR) is 152 cm³/mol. The lowest BCUT2D eigenvalue weighted by Gasteiger charge is -2.33. The second-order valence-corrected chi connectivity index (χ2v) is 11.6. The number of carbonyl (C=O) groups excluding carboxylic acids is 2. The number of benzene rings is 3. The number of nitrogens with one attached hydrogen (secondary N) is 1. The van der Waals surface area contributed by atoms with Gasteiger partial charge in [0.15, 0.2) is 0 Å². The molecule has 0 saturated heterocycles. The van der Waals surface area contributed by atoms with E-state index in [0.29, 0.717) is 6.42 Å². The van der Waals surface area contributed by atoms with E-state index in [2.05, 4.69) is 5.32 Å². The van der Waals surface area contributed by atoms with Crippen LogP contribution in [0.4, 0.5) is 5.69 Å². The van der Waals surface area contributed by atoms with E-state index in [9.17, 15) is 18.0 Å². The summed E-state index contributed by atoms with van der Waals surface area (Å²) < 4.78 is 28.6. The number of hydrogen-bond acceptors (Lipinski definition) is 4. The number of carbonyl (C=O) groups is 2. The number of hydrogen-bond donors (Lipinski definition) is 1. The first kappa shape index (κ1) is 29.5. The Bertz CT molecular complexity index is 1390. The molecule has 0 aromatic heterocycles. The van der Waals surface area contributed by atoms with Crippen LogP contribution in [0, 0.1) is 13.8 Å². The number of halogens is 2. The summed E-state index contributed by atoms with van der Waals surface area (Å²) in [6, 6.07) is 17.5. The highest BCUT2D eigenvalue weighted by Gasteiger charge is 2.33. The number of rotatable bonds is 10. The summed E-state index contributed by atoms with van der Waals surface area (Å²) in [7, 11) is -2.68. The van der Waals surface area contributed by atoms with Gasteiger partial charge < -0.3 is 10.2 Å². The lowest BCUT2D eigenvalue weighted by molar-refractivity contribution is -0.140. The average Bonchev–Trinajstić information content (AvgIpc) is 2.89. The predicted octanol–water partition coefficient (Wildman–Crippen LogP) is 5.36. The Kier molecular flexibility index (Phi) is 9.82. The maximum atomic E-state index is 13.9. The smallest absolute Gasteiger partial charge is 0.264 e. The molecule has 0 bridgehead atoms. The Morgan fingerprint density at radius 1 is 0.895 bits per heavy atom. The van der Waals surface area contributed by atoms with E-state index < -0.39 is 28.5 Å². The SMILES string of the molecule is CC[C@@H](C(=O)NC)N(Cc1ccc(C)cc1)C(=O)CN(c1ccc(Cl)c(Cl)c1)S(=O)(=O)c1ccc(C)cc1. The van der Waals surface area contributed by atoms with Crippen molar-refractivity contribution in [3.63, 3.8) is 0 Å². The summed E-state index contributed by atoms with van der Waals surface area (Å²) in [5.41, 5.74) is 2.94. The first-order valence-electron chi connectivity index (χ1n) is 12.1. The van der Waals surface area contributed by atoms with Gasteiger partial charge in [0, 0.05) is 13.6 Å². The molecule has 0 aliphatic rings. The van der Waals surface area contributed by atoms with Crippen molar-refractivity contribution in [1.82, 2.24) is 10.2 Å². The molecule has 1 atom stereocenters. The molecule has 7 nitrogen and oxygen atoms in total. The molecule has 0 aliphatic heterocycles. The van der Waals surface area contributed by atoms with Gasteiger partial charge in [-0.05, 0) is 56.2 Å². The van der Waals surface area contributed by atoms with E-state index in [4.69, 9.17) is 23.2 Å². The molecule has 0 unspecified atom stereocenters. The monoisotopic (exact) mass is 575 g/mol. The number of likely N-dealkylation sites (N-methyl/N-ethyl adjacent to an activating group) is 1. The van der Waals surface area contributed by atoms with Crippen LogP contribution < -0.4 is 9.62 Å². The highest BCUT2D eigenvalue weighted by Crippen LogP contribution is 2.31. The Labute approximate surface area is 234 Å². The quantitative estimate of drug-likeness (QED) is 0.352. The number of anilines is 1. The minimum atomic E-state index is -4.18. The van der Waals surface area contributed by atoms with E-state index in [-0.39, 0.29) is 33.1 Å². The summed E-state index contributed by atoms with van der Waals surface area (Å²) in [6.07, 6.45) is 0.342. The van der Waals surface area contributed by atoms with Crippen molar-refractivity contribution in [1.29, 1.82) is 0 Å². The molecule has 0 heterocycles. The van der Waals surface area contributed by atoms with E-state index in [1.54, 1.807) is 19.1 Å². The van der Waals surface area contributed by atoms with Gasteiger partial charge >= 0.3 is 0 Å². The molecule has 3 aromatic rings. The lowest BCUT2D eigenvalue weighted by Crippen LogP contribution is -2.51. The molecule has 3 rings (SSSR count). The Morgan fingerprint density at radius 2 is 1.47 bits per heavy atom. The average molecular weight is 577 g/mol. The largest absolute Gasteiger partial charge is 0.357 e. The third-order valence-corrected chi connectivity index (χ3v) is 8.71. The zero-order valence-corrected chi connectivity index (χ0v) is 24.1. The third kappa shape index (κ3) is 6.87. The maximum absolute atomic E-state index is 13.9. The van der Waals surface area contributed by atoms with Gasteiger partial charge in [-0.1, -0.05) is 77.7 Å². The van der Waals surface area contributed by atoms with Crippen LogP contribution in [0.2, 0.25) is 10.0 Å². The normalized spacial score (nSPS) is 12.1. The summed E-state index contributed by atoms with van der Waals surface area (Å²) in [5, 5.41) is 3.01. The van der Waals surface area contributed by atoms with Gasteiger partial charge in [-0.2, -0.15) is 0 Å². The van der Waals surface area contributed by atoms with Crippen LogP contribution in [-0.2, 0) is 26.2 Å². The van der Waals surface area contributed by atoms with Crippen molar-refractivity contribution in [2.75, 3.05) is 17.9 Å². The highest BCUT2D eigenvalue weighted by atomic mass is 35.5. The van der Waals surface area contributed by atoms with Gasteiger partial charge in [-0.3, -0.25) is 13.9 Å². The van der Waals surface area contributed by atoms with Gasteiger partial charge in [0.2, 0.25) is 11.8 Å². The molecule has 0 radical (unpaired) electrons. The van der Waals surface area contributed by atoms with E-state index >= 15 is 0 Å². The molecular formula is C28H31Cl2N3O4S. The molecule has 202 valence electrons. The number of aryl methyl sites for hydroxylation is 2. The molecule has 0 aliphatic carbocycles. The fourth-order valence-corrected chi connectivity index (χ4v) is 5.68. The van der Waals surface area contributed by atoms with Gasteiger partial charge in [-0.15, -0.1) is 0 Å².